The maximum absolute atomic E-state index is 11.6. The number of nitrogens with one attached hydrogen (secondary N) is 1. The minimum atomic E-state index is -0.554. The van der Waals surface area contributed by atoms with Gasteiger partial charge in [0.25, 0.3) is 0 Å². The number of hydrogen-bond acceptors (Lipinski definition) is 5. The molecule has 0 radical (unpaired) electrons. The molecule has 1 heterocycles. The largest absolute Gasteiger partial charge is 0.443 e. The lowest BCUT2D eigenvalue weighted by atomic mass is 10.1. The average Bonchev–Trinajstić information content (AvgIpc) is 2.52. The van der Waals surface area contributed by atoms with Crippen LogP contribution in [0.2, 0.25) is 0 Å². The summed E-state index contributed by atoms with van der Waals surface area (Å²) in [5.74, 6) is 0. The maximum Gasteiger partial charge on any atom is 0.428 e. The second-order valence-electron chi connectivity index (χ2n) is 6.46. The number of rotatable bonds is 3. The van der Waals surface area contributed by atoms with Gasteiger partial charge >= 0.3 is 6.09 Å². The Morgan fingerprint density at radius 1 is 1.22 bits per heavy atom. The summed E-state index contributed by atoms with van der Waals surface area (Å²) in [6.07, 6.45) is -0.554. The van der Waals surface area contributed by atoms with E-state index < -0.39 is 11.7 Å². The molecular formula is C17H25N3O3. The van der Waals surface area contributed by atoms with Gasteiger partial charge < -0.3 is 14.4 Å². The van der Waals surface area contributed by atoms with Gasteiger partial charge in [-0.15, -0.1) is 0 Å². The minimum absolute atomic E-state index is 0.534. The van der Waals surface area contributed by atoms with Crippen LogP contribution < -0.4 is 10.3 Å². The Kier molecular flexibility index (Phi) is 5.60. The SMILES string of the molecule is C/C(=N/NC(=O)OC(C)(C)C)c1ccc(N2CCOCC2)cc1. The number of hydrogen-bond donors (Lipinski definition) is 1. The molecule has 1 aromatic carbocycles. The third-order valence-corrected chi connectivity index (χ3v) is 3.38. The molecule has 1 amide bonds. The zero-order valence-electron chi connectivity index (χ0n) is 14.3. The van der Waals surface area contributed by atoms with Crippen LogP contribution in [0.4, 0.5) is 10.5 Å². The van der Waals surface area contributed by atoms with Gasteiger partial charge in [-0.1, -0.05) is 12.1 Å². The molecule has 6 nitrogen and oxygen atoms in total. The Bertz CT molecular complexity index is 555. The van der Waals surface area contributed by atoms with Gasteiger partial charge in [0.2, 0.25) is 0 Å². The Labute approximate surface area is 137 Å². The monoisotopic (exact) mass is 319 g/mol. The van der Waals surface area contributed by atoms with Crippen molar-refractivity contribution >= 4 is 17.5 Å². The van der Waals surface area contributed by atoms with E-state index in [0.29, 0.717) is 0 Å². The molecule has 1 aromatic rings. The lowest BCUT2D eigenvalue weighted by molar-refractivity contribution is 0.0529. The fraction of sp³-hybridized carbons (Fsp3) is 0.529. The zero-order valence-corrected chi connectivity index (χ0v) is 14.3. The lowest BCUT2D eigenvalue weighted by Crippen LogP contribution is -2.36. The molecule has 0 unspecified atom stereocenters. The van der Waals surface area contributed by atoms with E-state index in [1.165, 1.54) is 5.69 Å². The summed E-state index contributed by atoms with van der Waals surface area (Å²) in [6, 6.07) is 8.13. The van der Waals surface area contributed by atoms with E-state index in [0.717, 1.165) is 37.6 Å². The molecule has 0 saturated carbocycles. The molecule has 1 aliphatic heterocycles. The summed E-state index contributed by atoms with van der Waals surface area (Å²) in [5.41, 5.74) is 4.73. The first-order valence-corrected chi connectivity index (χ1v) is 7.81. The molecule has 1 aliphatic rings. The molecule has 2 rings (SSSR count). The highest BCUT2D eigenvalue weighted by Gasteiger charge is 2.15. The first-order valence-electron chi connectivity index (χ1n) is 7.81. The third-order valence-electron chi connectivity index (χ3n) is 3.38. The van der Waals surface area contributed by atoms with Gasteiger partial charge in [-0.05, 0) is 45.4 Å². The predicted octanol–water partition coefficient (Wildman–Crippen LogP) is 2.77. The van der Waals surface area contributed by atoms with Crippen molar-refractivity contribution in [2.45, 2.75) is 33.3 Å². The van der Waals surface area contributed by atoms with Gasteiger partial charge in [-0.25, -0.2) is 10.2 Å². The van der Waals surface area contributed by atoms with Gasteiger partial charge in [0, 0.05) is 18.8 Å². The third kappa shape index (κ3) is 5.56. The number of hydrazone groups is 1. The van der Waals surface area contributed by atoms with E-state index >= 15 is 0 Å². The summed E-state index contributed by atoms with van der Waals surface area (Å²) in [7, 11) is 0. The number of morpholine rings is 1. The summed E-state index contributed by atoms with van der Waals surface area (Å²) in [6.45, 7) is 10.6. The quantitative estimate of drug-likeness (QED) is 0.687. The maximum atomic E-state index is 11.6. The lowest BCUT2D eigenvalue weighted by Gasteiger charge is -2.28. The zero-order chi connectivity index (χ0) is 16.9. The van der Waals surface area contributed by atoms with E-state index in [2.05, 4.69) is 27.6 Å². The number of anilines is 1. The van der Waals surface area contributed by atoms with E-state index in [4.69, 9.17) is 9.47 Å². The molecular weight excluding hydrogens is 294 g/mol. The van der Waals surface area contributed by atoms with E-state index in [1.807, 2.05) is 39.8 Å². The van der Waals surface area contributed by atoms with Gasteiger partial charge in [0.15, 0.2) is 0 Å². The highest BCUT2D eigenvalue weighted by molar-refractivity contribution is 5.99. The van der Waals surface area contributed by atoms with Crippen molar-refractivity contribution in [3.05, 3.63) is 29.8 Å². The van der Waals surface area contributed by atoms with Crippen LogP contribution >= 0.6 is 0 Å². The molecule has 6 heteroatoms. The molecule has 0 bridgehead atoms. The number of amides is 1. The molecule has 126 valence electrons. The predicted molar refractivity (Wildman–Crippen MR) is 91.1 cm³/mol. The van der Waals surface area contributed by atoms with Crippen LogP contribution in [0.15, 0.2) is 29.4 Å². The van der Waals surface area contributed by atoms with E-state index in [1.54, 1.807) is 0 Å². The number of carbonyl (C=O) groups excluding carboxylic acids is 1. The smallest absolute Gasteiger partial charge is 0.428 e. The standard InChI is InChI=1S/C17H25N3O3/c1-13(18-19-16(21)23-17(2,3)4)14-5-7-15(8-6-14)20-9-11-22-12-10-20/h5-8H,9-12H2,1-4H3,(H,19,21)/b18-13-. The van der Waals surface area contributed by atoms with Crippen molar-refractivity contribution in [2.75, 3.05) is 31.2 Å². The first kappa shape index (κ1) is 17.3. The van der Waals surface area contributed by atoms with Crippen LogP contribution in [-0.2, 0) is 9.47 Å². The van der Waals surface area contributed by atoms with Crippen molar-refractivity contribution in [3.63, 3.8) is 0 Å². The van der Waals surface area contributed by atoms with Crippen LogP contribution in [0, 0.1) is 0 Å². The fourth-order valence-corrected chi connectivity index (χ4v) is 2.23. The van der Waals surface area contributed by atoms with Crippen LogP contribution in [-0.4, -0.2) is 43.7 Å². The molecule has 1 fully saturated rings. The van der Waals surface area contributed by atoms with Crippen LogP contribution in [0.25, 0.3) is 0 Å². The summed E-state index contributed by atoms with van der Waals surface area (Å²) in [5, 5.41) is 4.08. The molecule has 0 atom stereocenters. The number of nitrogens with zero attached hydrogens (tertiary/aromatic N) is 2. The van der Waals surface area contributed by atoms with Crippen molar-refractivity contribution < 1.29 is 14.3 Å². The van der Waals surface area contributed by atoms with Crippen molar-refractivity contribution in [1.29, 1.82) is 0 Å². The summed E-state index contributed by atoms with van der Waals surface area (Å²) >= 11 is 0. The number of ether oxygens (including phenoxy) is 2. The number of benzene rings is 1. The van der Waals surface area contributed by atoms with E-state index in [-0.39, 0.29) is 0 Å². The molecule has 1 N–H and O–H groups in total. The van der Waals surface area contributed by atoms with Crippen LogP contribution in [0.1, 0.15) is 33.3 Å². The highest BCUT2D eigenvalue weighted by atomic mass is 16.6. The fourth-order valence-electron chi connectivity index (χ4n) is 2.23. The Morgan fingerprint density at radius 3 is 2.39 bits per heavy atom. The van der Waals surface area contributed by atoms with Gasteiger partial charge in [-0.2, -0.15) is 5.10 Å². The average molecular weight is 319 g/mol. The first-order chi connectivity index (χ1) is 10.8. The second kappa shape index (κ2) is 7.46. The number of carbonyl (C=O) groups is 1. The highest BCUT2D eigenvalue weighted by Crippen LogP contribution is 2.17. The second-order valence-corrected chi connectivity index (χ2v) is 6.46. The molecule has 0 aliphatic carbocycles. The van der Waals surface area contributed by atoms with Crippen molar-refractivity contribution in [2.24, 2.45) is 5.10 Å². The van der Waals surface area contributed by atoms with E-state index in [9.17, 15) is 4.79 Å². The van der Waals surface area contributed by atoms with Crippen LogP contribution in [0.3, 0.4) is 0 Å². The molecule has 0 aromatic heterocycles. The topological polar surface area (TPSA) is 63.2 Å². The van der Waals surface area contributed by atoms with Crippen molar-refractivity contribution in [1.82, 2.24) is 5.43 Å². The van der Waals surface area contributed by atoms with Gasteiger partial charge in [0.05, 0.1) is 18.9 Å². The molecule has 1 saturated heterocycles. The summed E-state index contributed by atoms with van der Waals surface area (Å²) < 4.78 is 10.5. The van der Waals surface area contributed by atoms with Gasteiger partial charge in [0.1, 0.15) is 5.60 Å². The Morgan fingerprint density at radius 2 is 1.83 bits per heavy atom. The molecule has 23 heavy (non-hydrogen) atoms. The Hall–Kier alpha value is -2.08. The van der Waals surface area contributed by atoms with Gasteiger partial charge in [-0.3, -0.25) is 0 Å². The Balaban J connectivity index is 1.95. The molecule has 0 spiro atoms. The summed E-state index contributed by atoms with van der Waals surface area (Å²) in [4.78, 5) is 13.9. The van der Waals surface area contributed by atoms with Crippen LogP contribution in [0.5, 0.6) is 0 Å². The normalized spacial score (nSPS) is 16.2. The minimum Gasteiger partial charge on any atom is -0.443 e. The van der Waals surface area contributed by atoms with Crippen molar-refractivity contribution in [3.8, 4) is 0 Å².